The highest BCUT2D eigenvalue weighted by Crippen LogP contribution is 2.36. The molecule has 1 heterocycles. The Bertz CT molecular complexity index is 1100. The van der Waals surface area contributed by atoms with Crippen molar-refractivity contribution in [3.05, 3.63) is 63.2 Å². The van der Waals surface area contributed by atoms with Gasteiger partial charge in [0.2, 0.25) is 5.91 Å². The van der Waals surface area contributed by atoms with Crippen LogP contribution in [-0.4, -0.2) is 29.6 Å². The first-order chi connectivity index (χ1) is 14.5. The molecule has 1 amide bonds. The molecule has 0 atom stereocenters. The smallest absolute Gasteiger partial charge is 0.258 e. The number of methoxy groups -OCH3 is 1. The Kier molecular flexibility index (Phi) is 7.30. The van der Waals surface area contributed by atoms with Crippen molar-refractivity contribution < 1.29 is 14.3 Å². The fourth-order valence-corrected chi connectivity index (χ4v) is 3.41. The number of carbonyl (C=O) groups is 1. The van der Waals surface area contributed by atoms with Gasteiger partial charge < -0.3 is 19.8 Å². The van der Waals surface area contributed by atoms with E-state index in [2.05, 4.69) is 15.3 Å². The van der Waals surface area contributed by atoms with Crippen molar-refractivity contribution in [2.75, 3.05) is 13.7 Å². The highest BCUT2D eigenvalue weighted by Gasteiger charge is 2.12. The molecule has 0 saturated carbocycles. The van der Waals surface area contributed by atoms with Crippen molar-refractivity contribution in [1.29, 1.82) is 0 Å². The predicted molar refractivity (Wildman–Crippen MR) is 116 cm³/mol. The van der Waals surface area contributed by atoms with Crippen LogP contribution in [0.1, 0.15) is 31.2 Å². The van der Waals surface area contributed by atoms with Crippen molar-refractivity contribution in [2.24, 2.45) is 0 Å². The number of benzene rings is 2. The van der Waals surface area contributed by atoms with E-state index in [0.717, 1.165) is 5.56 Å². The Balaban J connectivity index is 1.53. The Morgan fingerprint density at radius 1 is 1.27 bits per heavy atom. The zero-order valence-corrected chi connectivity index (χ0v) is 17.7. The molecule has 0 fully saturated rings. The van der Waals surface area contributed by atoms with Gasteiger partial charge in [-0.25, -0.2) is 4.98 Å². The van der Waals surface area contributed by atoms with E-state index in [4.69, 9.17) is 21.1 Å². The van der Waals surface area contributed by atoms with Crippen LogP contribution in [0.15, 0.2) is 41.2 Å². The number of hydrogen-bond acceptors (Lipinski definition) is 5. The highest BCUT2D eigenvalue weighted by atomic mass is 35.5. The maximum atomic E-state index is 12.2. The number of ether oxygens (including phenoxy) is 2. The maximum absolute atomic E-state index is 12.2. The van der Waals surface area contributed by atoms with E-state index in [1.54, 1.807) is 37.4 Å². The Morgan fingerprint density at radius 2 is 2.07 bits per heavy atom. The van der Waals surface area contributed by atoms with E-state index in [9.17, 15) is 9.59 Å². The van der Waals surface area contributed by atoms with Crippen molar-refractivity contribution in [3.63, 3.8) is 0 Å². The molecule has 0 radical (unpaired) electrons. The summed E-state index contributed by atoms with van der Waals surface area (Å²) in [6.07, 6.45) is 1.40. The van der Waals surface area contributed by atoms with Crippen molar-refractivity contribution in [1.82, 2.24) is 15.3 Å². The summed E-state index contributed by atoms with van der Waals surface area (Å²) in [7, 11) is 1.54. The zero-order valence-electron chi connectivity index (χ0n) is 17.0. The Labute approximate surface area is 179 Å². The minimum absolute atomic E-state index is 0.0953. The van der Waals surface area contributed by atoms with Crippen molar-refractivity contribution in [3.8, 4) is 11.5 Å². The fraction of sp³-hybridized carbons (Fsp3) is 0.318. The summed E-state index contributed by atoms with van der Waals surface area (Å²) in [6, 6.07) is 10.7. The van der Waals surface area contributed by atoms with Crippen LogP contribution in [0.3, 0.4) is 0 Å². The van der Waals surface area contributed by atoms with Gasteiger partial charge >= 0.3 is 0 Å². The molecule has 0 spiro atoms. The third kappa shape index (κ3) is 5.30. The number of aryl methyl sites for hydroxylation is 1. The molecule has 7 nitrogen and oxygen atoms in total. The zero-order chi connectivity index (χ0) is 21.5. The molecular weight excluding hydrogens is 406 g/mol. The van der Waals surface area contributed by atoms with E-state index >= 15 is 0 Å². The summed E-state index contributed by atoms with van der Waals surface area (Å²) in [5, 5.41) is 3.87. The molecule has 0 aliphatic rings. The standard InChI is InChI=1S/C22H24ClN3O4/c1-3-30-21-16(23)11-14(12-18(21)29-2)13-24-20(27)10-6-9-19-25-17-8-5-4-7-15(17)22(28)26-19/h4-5,7-8,11-12H,3,6,9-10,13H2,1-2H3,(H,24,27)(H,25,26,28). The average Bonchev–Trinajstić information content (AvgIpc) is 2.74. The minimum Gasteiger partial charge on any atom is -0.493 e. The summed E-state index contributed by atoms with van der Waals surface area (Å²) in [5.74, 6) is 1.50. The van der Waals surface area contributed by atoms with Crippen LogP contribution in [0.5, 0.6) is 11.5 Å². The fourth-order valence-electron chi connectivity index (χ4n) is 3.12. The van der Waals surface area contributed by atoms with E-state index < -0.39 is 0 Å². The molecule has 30 heavy (non-hydrogen) atoms. The average molecular weight is 430 g/mol. The maximum Gasteiger partial charge on any atom is 0.258 e. The van der Waals surface area contributed by atoms with Gasteiger partial charge in [0.15, 0.2) is 11.5 Å². The van der Waals surface area contributed by atoms with E-state index in [1.165, 1.54) is 0 Å². The van der Waals surface area contributed by atoms with Crippen LogP contribution < -0.4 is 20.3 Å². The lowest BCUT2D eigenvalue weighted by Crippen LogP contribution is -2.22. The van der Waals surface area contributed by atoms with Crippen LogP contribution in [0.2, 0.25) is 5.02 Å². The second-order valence-corrected chi connectivity index (χ2v) is 7.11. The second kappa shape index (κ2) is 10.1. The lowest BCUT2D eigenvalue weighted by molar-refractivity contribution is -0.121. The number of para-hydroxylation sites is 1. The van der Waals surface area contributed by atoms with Gasteiger partial charge in [0.25, 0.3) is 5.56 Å². The van der Waals surface area contributed by atoms with E-state index in [-0.39, 0.29) is 11.5 Å². The van der Waals surface area contributed by atoms with Crippen LogP contribution >= 0.6 is 11.6 Å². The molecule has 158 valence electrons. The number of rotatable bonds is 9. The number of H-pyrrole nitrogens is 1. The van der Waals surface area contributed by atoms with Gasteiger partial charge in [-0.2, -0.15) is 0 Å². The molecular formula is C22H24ClN3O4. The van der Waals surface area contributed by atoms with Gasteiger partial charge in [-0.05, 0) is 43.2 Å². The summed E-state index contributed by atoms with van der Waals surface area (Å²) in [5.41, 5.74) is 1.30. The molecule has 2 aromatic carbocycles. The lowest BCUT2D eigenvalue weighted by atomic mass is 10.1. The van der Waals surface area contributed by atoms with Gasteiger partial charge in [0.1, 0.15) is 5.82 Å². The number of aromatic nitrogens is 2. The summed E-state index contributed by atoms with van der Waals surface area (Å²) in [6.45, 7) is 2.67. The van der Waals surface area contributed by atoms with Crippen molar-refractivity contribution in [2.45, 2.75) is 32.7 Å². The van der Waals surface area contributed by atoms with Crippen LogP contribution in [0.4, 0.5) is 0 Å². The third-order valence-electron chi connectivity index (χ3n) is 4.55. The van der Waals surface area contributed by atoms with Crippen LogP contribution in [0, 0.1) is 0 Å². The van der Waals surface area contributed by atoms with Gasteiger partial charge in [0, 0.05) is 19.4 Å². The molecule has 0 aliphatic carbocycles. The molecule has 0 bridgehead atoms. The SMILES string of the molecule is CCOc1c(Cl)cc(CNC(=O)CCCc2nc3ccccc3c(=O)[nH]2)cc1OC. The Morgan fingerprint density at radius 3 is 2.83 bits per heavy atom. The largest absolute Gasteiger partial charge is 0.493 e. The molecule has 0 saturated heterocycles. The summed E-state index contributed by atoms with van der Waals surface area (Å²) in [4.78, 5) is 31.5. The second-order valence-electron chi connectivity index (χ2n) is 6.70. The van der Waals surface area contributed by atoms with Gasteiger partial charge in [-0.15, -0.1) is 0 Å². The summed E-state index contributed by atoms with van der Waals surface area (Å²) < 4.78 is 10.8. The quantitative estimate of drug-likeness (QED) is 0.541. The number of halogens is 1. The lowest BCUT2D eigenvalue weighted by Gasteiger charge is -2.13. The van der Waals surface area contributed by atoms with Crippen LogP contribution in [-0.2, 0) is 17.8 Å². The number of aromatic amines is 1. The Hall–Kier alpha value is -3.06. The van der Waals surface area contributed by atoms with Crippen LogP contribution in [0.25, 0.3) is 10.9 Å². The third-order valence-corrected chi connectivity index (χ3v) is 4.83. The summed E-state index contributed by atoms with van der Waals surface area (Å²) >= 11 is 6.26. The minimum atomic E-state index is -0.165. The number of fused-ring (bicyclic) bond motifs is 1. The number of nitrogens with one attached hydrogen (secondary N) is 2. The van der Waals surface area contributed by atoms with E-state index in [0.29, 0.717) is 65.7 Å². The first-order valence-electron chi connectivity index (χ1n) is 9.75. The topological polar surface area (TPSA) is 93.3 Å². The predicted octanol–water partition coefficient (Wildman–Crippen LogP) is 3.62. The van der Waals surface area contributed by atoms with Gasteiger partial charge in [0.05, 0.1) is 29.6 Å². The molecule has 0 aliphatic heterocycles. The number of carbonyl (C=O) groups excluding carboxylic acids is 1. The molecule has 1 aromatic heterocycles. The number of amides is 1. The molecule has 3 aromatic rings. The molecule has 8 heteroatoms. The van der Waals surface area contributed by atoms with E-state index in [1.807, 2.05) is 13.0 Å². The molecule has 3 rings (SSSR count). The van der Waals surface area contributed by atoms with Gasteiger partial charge in [-0.1, -0.05) is 23.7 Å². The molecule has 2 N–H and O–H groups in total. The molecule has 0 unspecified atom stereocenters. The first kappa shape index (κ1) is 21.6. The number of hydrogen-bond donors (Lipinski definition) is 2. The van der Waals surface area contributed by atoms with Gasteiger partial charge in [-0.3, -0.25) is 9.59 Å². The first-order valence-corrected chi connectivity index (χ1v) is 10.1. The highest BCUT2D eigenvalue weighted by molar-refractivity contribution is 6.32. The number of nitrogens with zero attached hydrogens (tertiary/aromatic N) is 1. The van der Waals surface area contributed by atoms with Crippen molar-refractivity contribution >= 4 is 28.4 Å². The monoisotopic (exact) mass is 429 g/mol. The normalized spacial score (nSPS) is 10.8.